The third kappa shape index (κ3) is 2.58. The summed E-state index contributed by atoms with van der Waals surface area (Å²) in [5.74, 6) is -0.642. The molecule has 2 saturated carbocycles. The number of carboxylic acids is 1. The van der Waals surface area contributed by atoms with Crippen LogP contribution in [0.2, 0.25) is 0 Å². The lowest BCUT2D eigenvalue weighted by Crippen LogP contribution is -2.39. The van der Waals surface area contributed by atoms with Crippen LogP contribution in [0.1, 0.15) is 57.8 Å². The lowest BCUT2D eigenvalue weighted by Gasteiger charge is -2.29. The summed E-state index contributed by atoms with van der Waals surface area (Å²) in [6.45, 7) is 0.506. The molecule has 116 valence electrons. The fourth-order valence-corrected chi connectivity index (χ4v) is 4.34. The van der Waals surface area contributed by atoms with E-state index in [9.17, 15) is 14.4 Å². The Kier molecular flexibility index (Phi) is 3.76. The predicted molar refractivity (Wildman–Crippen MR) is 75.3 cm³/mol. The van der Waals surface area contributed by atoms with Crippen LogP contribution in [0.25, 0.3) is 0 Å². The van der Waals surface area contributed by atoms with Crippen molar-refractivity contribution in [3.8, 4) is 0 Å². The molecule has 0 bridgehead atoms. The van der Waals surface area contributed by atoms with Crippen molar-refractivity contribution in [3.63, 3.8) is 0 Å². The predicted octanol–water partition coefficient (Wildman–Crippen LogP) is 2.20. The highest BCUT2D eigenvalue weighted by Gasteiger charge is 2.52. The van der Waals surface area contributed by atoms with Gasteiger partial charge < -0.3 is 5.11 Å². The first-order valence-electron chi connectivity index (χ1n) is 8.09. The molecule has 1 heterocycles. The zero-order valence-electron chi connectivity index (χ0n) is 12.3. The van der Waals surface area contributed by atoms with Crippen LogP contribution >= 0.6 is 0 Å². The second kappa shape index (κ2) is 5.43. The number of amides is 2. The van der Waals surface area contributed by atoms with E-state index in [0.717, 1.165) is 38.5 Å². The topological polar surface area (TPSA) is 74.7 Å². The average Bonchev–Trinajstić information content (AvgIpc) is 3.01. The molecular formula is C16H23NO4. The van der Waals surface area contributed by atoms with Crippen LogP contribution < -0.4 is 0 Å². The number of likely N-dealkylation sites (tertiary alicyclic amines) is 1. The Morgan fingerprint density at radius 1 is 1.14 bits per heavy atom. The third-order valence-electron chi connectivity index (χ3n) is 5.69. The van der Waals surface area contributed by atoms with Gasteiger partial charge in [-0.15, -0.1) is 0 Å². The van der Waals surface area contributed by atoms with Crippen LogP contribution in [-0.4, -0.2) is 34.3 Å². The molecular weight excluding hydrogens is 270 g/mol. The highest BCUT2D eigenvalue weighted by Crippen LogP contribution is 2.47. The van der Waals surface area contributed by atoms with E-state index in [4.69, 9.17) is 5.11 Å². The van der Waals surface area contributed by atoms with Gasteiger partial charge in [0.2, 0.25) is 11.8 Å². The van der Waals surface area contributed by atoms with Gasteiger partial charge in [-0.05, 0) is 44.4 Å². The second-order valence-corrected chi connectivity index (χ2v) is 7.03. The zero-order chi connectivity index (χ0) is 15.0. The molecule has 1 aliphatic heterocycles. The Balaban J connectivity index is 1.60. The number of imide groups is 1. The highest BCUT2D eigenvalue weighted by atomic mass is 16.4. The van der Waals surface area contributed by atoms with Gasteiger partial charge in [0.15, 0.2) is 0 Å². The molecule has 1 saturated heterocycles. The van der Waals surface area contributed by atoms with E-state index >= 15 is 0 Å². The molecule has 21 heavy (non-hydrogen) atoms. The first kappa shape index (κ1) is 14.5. The summed E-state index contributed by atoms with van der Waals surface area (Å²) in [5.41, 5.74) is -0.380. The molecule has 3 fully saturated rings. The van der Waals surface area contributed by atoms with Gasteiger partial charge in [-0.2, -0.15) is 0 Å². The lowest BCUT2D eigenvalue weighted by atomic mass is 9.81. The largest absolute Gasteiger partial charge is 0.481 e. The summed E-state index contributed by atoms with van der Waals surface area (Å²) >= 11 is 0. The van der Waals surface area contributed by atoms with Gasteiger partial charge in [-0.1, -0.05) is 12.8 Å². The average molecular weight is 293 g/mol. The fourth-order valence-electron chi connectivity index (χ4n) is 4.34. The number of hydrogen-bond donors (Lipinski definition) is 1. The van der Waals surface area contributed by atoms with E-state index in [1.165, 1.54) is 4.90 Å². The molecule has 2 amide bonds. The molecule has 1 N–H and O–H groups in total. The molecule has 0 radical (unpaired) electrons. The monoisotopic (exact) mass is 293 g/mol. The van der Waals surface area contributed by atoms with Gasteiger partial charge in [-0.3, -0.25) is 19.3 Å². The Labute approximate surface area is 124 Å². The standard InChI is InChI=1S/C16H23NO4/c18-13-9-16(7-1-2-8-16)15(21)17(13)10-11-3-5-12(6-4-11)14(19)20/h11-12H,1-10H2,(H,19,20). The summed E-state index contributed by atoms with van der Waals surface area (Å²) < 4.78 is 0. The SMILES string of the molecule is O=C(O)C1CCC(CN2C(=O)CC3(CCCC3)C2=O)CC1. The maximum absolute atomic E-state index is 12.6. The summed E-state index contributed by atoms with van der Waals surface area (Å²) in [6, 6.07) is 0. The number of rotatable bonds is 3. The Hall–Kier alpha value is -1.39. The van der Waals surface area contributed by atoms with Gasteiger partial charge in [0.05, 0.1) is 11.3 Å². The molecule has 1 spiro atoms. The molecule has 3 rings (SSSR count). The molecule has 0 aromatic heterocycles. The molecule has 3 aliphatic rings. The quantitative estimate of drug-likeness (QED) is 0.809. The molecule has 0 atom stereocenters. The fraction of sp³-hybridized carbons (Fsp3) is 0.812. The number of carbonyl (C=O) groups is 3. The first-order valence-corrected chi connectivity index (χ1v) is 8.09. The molecule has 0 aromatic carbocycles. The van der Waals surface area contributed by atoms with Crippen molar-refractivity contribution in [3.05, 3.63) is 0 Å². The van der Waals surface area contributed by atoms with Gasteiger partial charge in [-0.25, -0.2) is 0 Å². The maximum Gasteiger partial charge on any atom is 0.306 e. The minimum atomic E-state index is -0.716. The van der Waals surface area contributed by atoms with E-state index < -0.39 is 5.97 Å². The smallest absolute Gasteiger partial charge is 0.306 e. The first-order chi connectivity index (χ1) is 10.0. The molecule has 5 heteroatoms. The zero-order valence-corrected chi connectivity index (χ0v) is 12.3. The van der Waals surface area contributed by atoms with Gasteiger partial charge in [0.25, 0.3) is 0 Å². The summed E-state index contributed by atoms with van der Waals surface area (Å²) in [6.07, 6.45) is 7.17. The van der Waals surface area contributed by atoms with Crippen molar-refractivity contribution in [1.82, 2.24) is 4.90 Å². The van der Waals surface area contributed by atoms with Crippen molar-refractivity contribution >= 4 is 17.8 Å². The van der Waals surface area contributed by atoms with Crippen LogP contribution in [0.3, 0.4) is 0 Å². The maximum atomic E-state index is 12.6. The highest BCUT2D eigenvalue weighted by molar-refractivity contribution is 6.06. The second-order valence-electron chi connectivity index (χ2n) is 7.03. The van der Waals surface area contributed by atoms with Crippen LogP contribution in [0.5, 0.6) is 0 Å². The van der Waals surface area contributed by atoms with Crippen LogP contribution in [0, 0.1) is 17.3 Å². The van der Waals surface area contributed by atoms with Crippen LogP contribution in [0.15, 0.2) is 0 Å². The van der Waals surface area contributed by atoms with Gasteiger partial charge >= 0.3 is 5.97 Å². The van der Waals surface area contributed by atoms with E-state index in [-0.39, 0.29) is 29.1 Å². The van der Waals surface area contributed by atoms with Crippen molar-refractivity contribution in [2.45, 2.75) is 57.8 Å². The Morgan fingerprint density at radius 3 is 2.33 bits per heavy atom. The Morgan fingerprint density at radius 2 is 1.76 bits per heavy atom. The van der Waals surface area contributed by atoms with E-state index in [1.807, 2.05) is 0 Å². The number of nitrogens with zero attached hydrogens (tertiary/aromatic N) is 1. The minimum Gasteiger partial charge on any atom is -0.481 e. The van der Waals surface area contributed by atoms with Crippen LogP contribution in [-0.2, 0) is 14.4 Å². The molecule has 0 aromatic rings. The van der Waals surface area contributed by atoms with Crippen molar-refractivity contribution in [1.29, 1.82) is 0 Å². The molecule has 5 nitrogen and oxygen atoms in total. The van der Waals surface area contributed by atoms with Gasteiger partial charge in [0.1, 0.15) is 0 Å². The number of carbonyl (C=O) groups excluding carboxylic acids is 2. The summed E-state index contributed by atoms with van der Waals surface area (Å²) in [5, 5.41) is 9.01. The van der Waals surface area contributed by atoms with Crippen LogP contribution in [0.4, 0.5) is 0 Å². The third-order valence-corrected chi connectivity index (χ3v) is 5.69. The molecule has 2 aliphatic carbocycles. The van der Waals surface area contributed by atoms with E-state index in [0.29, 0.717) is 25.8 Å². The lowest BCUT2D eigenvalue weighted by molar-refractivity contribution is -0.145. The number of aliphatic carboxylic acids is 1. The van der Waals surface area contributed by atoms with Crippen molar-refractivity contribution < 1.29 is 19.5 Å². The summed E-state index contributed by atoms with van der Waals surface area (Å²) in [4.78, 5) is 37.2. The van der Waals surface area contributed by atoms with E-state index in [2.05, 4.69) is 0 Å². The minimum absolute atomic E-state index is 0.0118. The number of hydrogen-bond acceptors (Lipinski definition) is 3. The normalized spacial score (nSPS) is 32.1. The molecule has 0 unspecified atom stereocenters. The Bertz CT molecular complexity index is 459. The van der Waals surface area contributed by atoms with E-state index in [1.54, 1.807) is 0 Å². The van der Waals surface area contributed by atoms with Crippen molar-refractivity contribution in [2.24, 2.45) is 17.3 Å². The summed E-state index contributed by atoms with van der Waals surface area (Å²) in [7, 11) is 0. The van der Waals surface area contributed by atoms with Gasteiger partial charge in [0, 0.05) is 13.0 Å². The van der Waals surface area contributed by atoms with Crippen molar-refractivity contribution in [2.75, 3.05) is 6.54 Å². The number of carboxylic acid groups (broad SMARTS) is 1.